The van der Waals surface area contributed by atoms with Crippen LogP contribution in [-0.2, 0) is 45.4 Å². The first-order chi connectivity index (χ1) is 46.6. The molecule has 12 aromatic carbocycles. The smallest absolute Gasteiger partial charge is 0.210 e. The maximum absolute atomic E-state index is 14.1. The Bertz CT molecular complexity index is 5950. The summed E-state index contributed by atoms with van der Waals surface area (Å²) >= 11 is 14.0. The van der Waals surface area contributed by atoms with Crippen LogP contribution in [-0.4, -0.2) is 45.5 Å². The second-order valence-corrected chi connectivity index (χ2v) is 32.3. The first-order valence-corrected chi connectivity index (χ1v) is 38.4. The minimum absolute atomic E-state index is 0.316. The Balaban J connectivity index is 0.000000109. The average Bonchev–Trinajstić information content (AvgIpc) is 1.34. The van der Waals surface area contributed by atoms with Crippen LogP contribution < -0.4 is 5.73 Å². The number of anilines is 1. The molecule has 0 amide bonds. The van der Waals surface area contributed by atoms with Crippen molar-refractivity contribution in [3.63, 3.8) is 0 Å². The molecular formula is C78H56Br3N7O4S4. The summed E-state index contributed by atoms with van der Waals surface area (Å²) in [6, 6.07) is 74.5. The van der Waals surface area contributed by atoms with Gasteiger partial charge in [-0.1, -0.05) is 207 Å². The number of sulfone groups is 2. The van der Waals surface area contributed by atoms with E-state index in [2.05, 4.69) is 204 Å². The van der Waals surface area contributed by atoms with Gasteiger partial charge >= 0.3 is 0 Å². The van der Waals surface area contributed by atoms with E-state index in [1.807, 2.05) is 89.3 Å². The van der Waals surface area contributed by atoms with Crippen LogP contribution in [0.4, 0.5) is 5.69 Å². The number of nitrogens with two attached hydrogens (primary N) is 1. The zero-order valence-corrected chi connectivity index (χ0v) is 59.9. The van der Waals surface area contributed by atoms with Crippen molar-refractivity contribution in [2.45, 2.75) is 85.6 Å². The molecule has 0 fully saturated rings. The molecule has 0 saturated heterocycles. The van der Waals surface area contributed by atoms with E-state index in [0.29, 0.717) is 53.9 Å². The van der Waals surface area contributed by atoms with Gasteiger partial charge in [-0.25, -0.2) is 31.8 Å². The Morgan fingerprint density at radius 3 is 1.41 bits per heavy atom. The fraction of sp³-hybridized carbons (Fsp3) is 0.0897. The third-order valence-electron chi connectivity index (χ3n) is 18.0. The van der Waals surface area contributed by atoms with Crippen molar-refractivity contribution in [1.29, 1.82) is 0 Å². The Hall–Kier alpha value is -8.59. The Morgan fingerprint density at radius 2 is 0.833 bits per heavy atom. The SMILES string of the molecule is CCc1nc2cccc3c2n1-c1ccc(-c2c4ccccc4c(-c4ccccc4)c4ccccc24)cc1S3(=O)=O.CCc1nc2cccc3c2n1-c1ccc(Br)cc1S3.CCc1nc2cccc3c2n1-c1ccc(Br)cc1S3(=O)=O.Nc1cccc2c1Cc1ccc(Br)cc1S2. The molecule has 3 aromatic heterocycles. The number of para-hydroxylation sites is 3. The fourth-order valence-electron chi connectivity index (χ4n) is 13.8. The molecule has 7 heterocycles. The number of hydrogen-bond acceptors (Lipinski definition) is 10. The summed E-state index contributed by atoms with van der Waals surface area (Å²) in [6.45, 7) is 6.23. The molecular weight excluding hydrogens is 1470 g/mol. The first-order valence-electron chi connectivity index (χ1n) is 31.4. The van der Waals surface area contributed by atoms with Gasteiger partial charge in [0.25, 0.3) is 0 Å². The van der Waals surface area contributed by atoms with Gasteiger partial charge in [-0.3, -0.25) is 13.7 Å². The number of aryl methyl sites for hydroxylation is 3. The topological polar surface area (TPSA) is 148 Å². The third-order valence-corrected chi connectivity index (χ3v) is 25.5. The summed E-state index contributed by atoms with van der Waals surface area (Å²) in [6.07, 6.45) is 3.32. The van der Waals surface area contributed by atoms with Gasteiger partial charge in [0.05, 0.1) is 69.7 Å². The third kappa shape index (κ3) is 10.3. The normalized spacial score (nSPS) is 13.7. The Morgan fingerprint density at radius 1 is 0.396 bits per heavy atom. The molecule has 19 rings (SSSR count). The molecule has 0 radical (unpaired) electrons. The monoisotopic (exact) mass is 1520 g/mol. The predicted molar refractivity (Wildman–Crippen MR) is 400 cm³/mol. The van der Waals surface area contributed by atoms with E-state index < -0.39 is 19.7 Å². The molecule has 11 nitrogen and oxygen atoms in total. The highest BCUT2D eigenvalue weighted by Crippen LogP contribution is 2.49. The van der Waals surface area contributed by atoms with E-state index in [1.165, 1.54) is 47.5 Å². The second-order valence-electron chi connectivity index (χ2n) is 23.6. The second kappa shape index (κ2) is 24.5. The van der Waals surface area contributed by atoms with Crippen LogP contribution in [0.25, 0.3) is 94.0 Å². The van der Waals surface area contributed by atoms with Gasteiger partial charge in [0.2, 0.25) is 19.7 Å². The van der Waals surface area contributed by atoms with Crippen LogP contribution in [0.1, 0.15) is 49.4 Å². The molecule has 4 aliphatic rings. The number of rotatable bonds is 5. The summed E-state index contributed by atoms with van der Waals surface area (Å²) < 4.78 is 63.2. The molecule has 0 atom stereocenters. The lowest BCUT2D eigenvalue weighted by atomic mass is 9.86. The maximum atomic E-state index is 14.1. The Labute approximate surface area is 588 Å². The molecule has 15 aromatic rings. The number of aromatic nitrogens is 6. The van der Waals surface area contributed by atoms with E-state index in [9.17, 15) is 16.8 Å². The maximum Gasteiger partial charge on any atom is 0.210 e. The van der Waals surface area contributed by atoms with Gasteiger partial charge in [0, 0.05) is 64.4 Å². The number of nitrogens with zero attached hydrogens (tertiary/aromatic N) is 6. The highest BCUT2D eigenvalue weighted by atomic mass is 79.9. The number of halogens is 3. The lowest BCUT2D eigenvalue weighted by Crippen LogP contribution is -2.16. The largest absolute Gasteiger partial charge is 0.398 e. The zero-order chi connectivity index (χ0) is 65.9. The molecule has 96 heavy (non-hydrogen) atoms. The molecule has 4 aliphatic heterocycles. The van der Waals surface area contributed by atoms with E-state index >= 15 is 0 Å². The first kappa shape index (κ1) is 62.2. The van der Waals surface area contributed by atoms with Crippen LogP contribution in [0.15, 0.2) is 277 Å². The molecule has 2 N–H and O–H groups in total. The van der Waals surface area contributed by atoms with Crippen LogP contribution >= 0.6 is 71.3 Å². The summed E-state index contributed by atoms with van der Waals surface area (Å²) in [4.78, 5) is 20.6. The summed E-state index contributed by atoms with van der Waals surface area (Å²) in [5.41, 5.74) is 21.5. The molecule has 0 unspecified atom stereocenters. The van der Waals surface area contributed by atoms with Crippen LogP contribution in [0.2, 0.25) is 0 Å². The molecule has 0 saturated carbocycles. The minimum Gasteiger partial charge on any atom is -0.398 e. The van der Waals surface area contributed by atoms with Gasteiger partial charge in [-0.15, -0.1) is 0 Å². The lowest BCUT2D eigenvalue weighted by molar-refractivity contribution is 0.592. The molecule has 0 bridgehead atoms. The predicted octanol–water partition coefficient (Wildman–Crippen LogP) is 20.8. The Kier molecular flexibility index (Phi) is 15.9. The van der Waals surface area contributed by atoms with Crippen molar-refractivity contribution in [2.24, 2.45) is 0 Å². The van der Waals surface area contributed by atoms with Gasteiger partial charge in [0.15, 0.2) is 0 Å². The van der Waals surface area contributed by atoms with Crippen molar-refractivity contribution >= 4 is 151 Å². The van der Waals surface area contributed by atoms with Gasteiger partial charge < -0.3 is 5.73 Å². The molecule has 0 aliphatic carbocycles. The number of benzene rings is 12. The molecule has 472 valence electrons. The summed E-state index contributed by atoms with van der Waals surface area (Å²) in [7, 11) is -7.27. The minimum atomic E-state index is -3.75. The van der Waals surface area contributed by atoms with Gasteiger partial charge in [-0.05, 0) is 164 Å². The van der Waals surface area contributed by atoms with E-state index in [1.54, 1.807) is 42.1 Å². The van der Waals surface area contributed by atoms with E-state index in [-0.39, 0.29) is 0 Å². The van der Waals surface area contributed by atoms with Crippen molar-refractivity contribution in [3.8, 4) is 39.3 Å². The van der Waals surface area contributed by atoms with Crippen molar-refractivity contribution < 1.29 is 16.8 Å². The van der Waals surface area contributed by atoms with Crippen molar-refractivity contribution in [1.82, 2.24) is 28.7 Å². The number of nitrogen functional groups attached to an aromatic ring is 1. The highest BCUT2D eigenvalue weighted by Gasteiger charge is 2.36. The molecule has 0 spiro atoms. The summed E-state index contributed by atoms with van der Waals surface area (Å²) in [5.74, 6) is 2.86. The van der Waals surface area contributed by atoms with Crippen molar-refractivity contribution in [3.05, 3.63) is 266 Å². The fourth-order valence-corrected chi connectivity index (χ4v) is 20.9. The van der Waals surface area contributed by atoms with Gasteiger partial charge in [0.1, 0.15) is 17.5 Å². The standard InChI is InChI=1S/C35H24N2O2S.C15H11BrN2O2S.C15H11BrN2S.C13H10BrNS/c1-2-32-36-28-17-10-18-30-35(28)37(32)29-20-19-23(21-31(29)40(30,38)39)34-26-15-8-6-13-24(26)33(22-11-4-3-5-12-22)25-14-7-9-16-27(25)34;1-2-14-17-10-4-3-5-12-15(10)18(14)11-7-6-9(16)8-13(11)21(12,19)20;1-2-14-17-10-4-3-5-12-15(10)18(14)11-7-6-9(16)8-13(11)19-12;14-9-5-4-8-6-10-11(15)2-1-3-12(10)16-13(8)7-9/h3-21H,2H2,1H3;3-8H,2H2,1H3;3-8H,2H2,1H3;1-5,7H,6,15H2. The van der Waals surface area contributed by atoms with Crippen molar-refractivity contribution in [2.75, 3.05) is 5.73 Å². The van der Waals surface area contributed by atoms with E-state index in [0.717, 1.165) is 105 Å². The number of hydrogen-bond donors (Lipinski definition) is 1. The zero-order valence-electron chi connectivity index (χ0n) is 51.9. The van der Waals surface area contributed by atoms with Crippen LogP contribution in [0.5, 0.6) is 0 Å². The highest BCUT2D eigenvalue weighted by molar-refractivity contribution is 9.11. The summed E-state index contributed by atoms with van der Waals surface area (Å²) in [5, 5.41) is 4.46. The quantitative estimate of drug-likeness (QED) is 0.130. The average molecular weight is 1520 g/mol. The number of imidazole rings is 3. The van der Waals surface area contributed by atoms with Gasteiger partial charge in [-0.2, -0.15) is 0 Å². The molecule has 18 heteroatoms. The van der Waals surface area contributed by atoms with E-state index in [4.69, 9.17) is 15.7 Å². The lowest BCUT2D eigenvalue weighted by Gasteiger charge is -2.23. The number of fused-ring (bicyclic) bond motifs is 10. The van der Waals surface area contributed by atoms with Crippen LogP contribution in [0, 0.1) is 0 Å². The van der Waals surface area contributed by atoms with Crippen LogP contribution in [0.3, 0.4) is 0 Å².